The van der Waals surface area contributed by atoms with Crippen molar-refractivity contribution in [3.8, 4) is 17.2 Å². The third kappa shape index (κ3) is 8.32. The van der Waals surface area contributed by atoms with Crippen molar-refractivity contribution in [3.05, 3.63) is 77.3 Å². The van der Waals surface area contributed by atoms with Gasteiger partial charge in [0, 0.05) is 23.2 Å². The number of amides is 2. The molecule has 0 aromatic heterocycles. The van der Waals surface area contributed by atoms with Gasteiger partial charge < -0.3 is 24.4 Å². The standard InChI is InChI=1S/C31H38ClN3O7S/c1-21(30(37)33-31(2,3)4)34(19-22-11-9-8-10-12-22)29(36)20-35(25-17-23(32)13-15-26(25)40-5)43(38,39)24-14-16-27(41-6)28(18-24)42-7/h8-18,21H,19-20H2,1-7H3,(H,33,37)/t21-/m1/s1. The number of hydrogen-bond acceptors (Lipinski definition) is 7. The van der Waals surface area contributed by atoms with E-state index >= 15 is 0 Å². The predicted octanol–water partition coefficient (Wildman–Crippen LogP) is 4.89. The summed E-state index contributed by atoms with van der Waals surface area (Å²) >= 11 is 6.30. The predicted molar refractivity (Wildman–Crippen MR) is 166 cm³/mol. The molecule has 0 saturated heterocycles. The molecule has 43 heavy (non-hydrogen) atoms. The quantitative estimate of drug-likeness (QED) is 0.303. The van der Waals surface area contributed by atoms with E-state index in [1.54, 1.807) is 13.0 Å². The number of ether oxygens (including phenoxy) is 3. The number of hydrogen-bond donors (Lipinski definition) is 1. The van der Waals surface area contributed by atoms with E-state index in [0.29, 0.717) is 5.75 Å². The van der Waals surface area contributed by atoms with Crippen LogP contribution in [0.4, 0.5) is 5.69 Å². The molecule has 3 aromatic carbocycles. The zero-order valence-corrected chi connectivity index (χ0v) is 27.0. The lowest BCUT2D eigenvalue weighted by molar-refractivity contribution is -0.140. The van der Waals surface area contributed by atoms with Crippen LogP contribution in [-0.2, 0) is 26.2 Å². The van der Waals surface area contributed by atoms with E-state index in [9.17, 15) is 18.0 Å². The second kappa shape index (κ2) is 14.0. The number of rotatable bonds is 12. The van der Waals surface area contributed by atoms with E-state index in [1.165, 1.54) is 56.6 Å². The molecule has 12 heteroatoms. The summed E-state index contributed by atoms with van der Waals surface area (Å²) in [5.41, 5.74) is 0.259. The molecule has 0 saturated carbocycles. The molecule has 0 bridgehead atoms. The Labute approximate surface area is 258 Å². The van der Waals surface area contributed by atoms with Crippen LogP contribution in [-0.4, -0.2) is 64.6 Å². The Morgan fingerprint density at radius 3 is 2.07 bits per heavy atom. The van der Waals surface area contributed by atoms with Crippen molar-refractivity contribution in [1.29, 1.82) is 0 Å². The minimum absolute atomic E-state index is 0.0459. The first-order valence-corrected chi connectivity index (χ1v) is 15.3. The smallest absolute Gasteiger partial charge is 0.265 e. The molecule has 0 heterocycles. The lowest BCUT2D eigenvalue weighted by Crippen LogP contribution is -2.54. The van der Waals surface area contributed by atoms with Crippen LogP contribution in [0.1, 0.15) is 33.3 Å². The summed E-state index contributed by atoms with van der Waals surface area (Å²) in [7, 11) is -0.214. The first kappa shape index (κ1) is 33.5. The highest BCUT2D eigenvalue weighted by Gasteiger charge is 2.35. The zero-order valence-electron chi connectivity index (χ0n) is 25.4. The maximum Gasteiger partial charge on any atom is 0.265 e. The summed E-state index contributed by atoms with van der Waals surface area (Å²) in [6.07, 6.45) is 0. The molecule has 0 unspecified atom stereocenters. The maximum absolute atomic E-state index is 14.3. The minimum atomic E-state index is -4.43. The van der Waals surface area contributed by atoms with Crippen molar-refractivity contribution in [2.45, 2.75) is 50.7 Å². The van der Waals surface area contributed by atoms with Gasteiger partial charge in [0.15, 0.2) is 11.5 Å². The van der Waals surface area contributed by atoms with Crippen LogP contribution in [0.3, 0.4) is 0 Å². The fraction of sp³-hybridized carbons (Fsp3) is 0.355. The molecule has 0 aliphatic rings. The molecule has 1 atom stereocenters. The van der Waals surface area contributed by atoms with Gasteiger partial charge in [0.25, 0.3) is 10.0 Å². The molecule has 3 aromatic rings. The van der Waals surface area contributed by atoms with E-state index in [4.69, 9.17) is 25.8 Å². The number of nitrogens with zero attached hydrogens (tertiary/aromatic N) is 2. The average Bonchev–Trinajstić information content (AvgIpc) is 2.97. The number of methoxy groups -OCH3 is 3. The molecule has 0 aliphatic carbocycles. The molecule has 1 N–H and O–H groups in total. The lowest BCUT2D eigenvalue weighted by atomic mass is 10.1. The third-order valence-electron chi connectivity index (χ3n) is 6.49. The van der Waals surface area contributed by atoms with Gasteiger partial charge >= 0.3 is 0 Å². The van der Waals surface area contributed by atoms with Crippen molar-refractivity contribution in [2.24, 2.45) is 0 Å². The largest absolute Gasteiger partial charge is 0.495 e. The first-order chi connectivity index (χ1) is 20.2. The van der Waals surface area contributed by atoms with Crippen LogP contribution in [0.25, 0.3) is 0 Å². The first-order valence-electron chi connectivity index (χ1n) is 13.5. The van der Waals surface area contributed by atoms with E-state index in [2.05, 4.69) is 5.32 Å². The summed E-state index contributed by atoms with van der Waals surface area (Å²) in [6, 6.07) is 16.8. The van der Waals surface area contributed by atoms with Crippen LogP contribution < -0.4 is 23.8 Å². The van der Waals surface area contributed by atoms with Crippen molar-refractivity contribution in [3.63, 3.8) is 0 Å². The minimum Gasteiger partial charge on any atom is -0.495 e. The van der Waals surface area contributed by atoms with Crippen molar-refractivity contribution >= 4 is 39.1 Å². The molecule has 0 fully saturated rings. The van der Waals surface area contributed by atoms with Gasteiger partial charge in [-0.05, 0) is 63.6 Å². The molecule has 10 nitrogen and oxygen atoms in total. The SMILES string of the molecule is COc1ccc(S(=O)(=O)N(CC(=O)N(Cc2ccccc2)[C@H](C)C(=O)NC(C)(C)C)c2cc(Cl)ccc2OC)cc1OC. The number of nitrogens with one attached hydrogen (secondary N) is 1. The average molecular weight is 632 g/mol. The van der Waals surface area contributed by atoms with Gasteiger partial charge in [-0.3, -0.25) is 13.9 Å². The molecule has 3 rings (SSSR count). The number of carbonyl (C=O) groups is 2. The van der Waals surface area contributed by atoms with Crippen LogP contribution in [0.2, 0.25) is 5.02 Å². The second-order valence-electron chi connectivity index (χ2n) is 10.8. The van der Waals surface area contributed by atoms with E-state index in [0.717, 1.165) is 9.87 Å². The monoisotopic (exact) mass is 631 g/mol. The Kier molecular flexibility index (Phi) is 10.9. The summed E-state index contributed by atoms with van der Waals surface area (Å²) in [4.78, 5) is 28.6. The van der Waals surface area contributed by atoms with Gasteiger partial charge in [-0.2, -0.15) is 0 Å². The fourth-order valence-corrected chi connectivity index (χ4v) is 5.91. The van der Waals surface area contributed by atoms with Gasteiger partial charge in [0.05, 0.1) is 31.9 Å². The molecule has 0 radical (unpaired) electrons. The summed E-state index contributed by atoms with van der Waals surface area (Å²) in [6.45, 7) is 6.52. The van der Waals surface area contributed by atoms with Crippen LogP contribution in [0, 0.1) is 0 Å². The van der Waals surface area contributed by atoms with E-state index in [-0.39, 0.29) is 39.6 Å². The summed E-state index contributed by atoms with van der Waals surface area (Å²) in [5, 5.41) is 3.13. The highest BCUT2D eigenvalue weighted by atomic mass is 35.5. The van der Waals surface area contributed by atoms with Crippen molar-refractivity contribution < 1.29 is 32.2 Å². The van der Waals surface area contributed by atoms with Gasteiger partial charge in [-0.1, -0.05) is 41.9 Å². The van der Waals surface area contributed by atoms with Crippen LogP contribution in [0.15, 0.2) is 71.6 Å². The number of anilines is 1. The highest BCUT2D eigenvalue weighted by molar-refractivity contribution is 7.92. The molecule has 2 amide bonds. The number of benzene rings is 3. The Morgan fingerprint density at radius 1 is 0.884 bits per heavy atom. The topological polar surface area (TPSA) is 114 Å². The van der Waals surface area contributed by atoms with E-state index in [1.807, 2.05) is 51.1 Å². The second-order valence-corrected chi connectivity index (χ2v) is 13.1. The van der Waals surface area contributed by atoms with Crippen molar-refractivity contribution in [2.75, 3.05) is 32.2 Å². The molecule has 0 spiro atoms. The van der Waals surface area contributed by atoms with Crippen LogP contribution >= 0.6 is 11.6 Å². The fourth-order valence-electron chi connectivity index (χ4n) is 4.31. The Bertz CT molecular complexity index is 1540. The Morgan fingerprint density at radius 2 is 1.49 bits per heavy atom. The summed E-state index contributed by atoms with van der Waals surface area (Å²) < 4.78 is 45.5. The van der Waals surface area contributed by atoms with Gasteiger partial charge in [0.1, 0.15) is 18.3 Å². The highest BCUT2D eigenvalue weighted by Crippen LogP contribution is 2.37. The number of sulfonamides is 1. The lowest BCUT2D eigenvalue weighted by Gasteiger charge is -2.33. The molecule has 232 valence electrons. The normalized spacial score (nSPS) is 12.2. The van der Waals surface area contributed by atoms with Gasteiger partial charge in [0.2, 0.25) is 11.8 Å². The Hall–Kier alpha value is -3.96. The van der Waals surface area contributed by atoms with Gasteiger partial charge in [-0.25, -0.2) is 8.42 Å². The number of carbonyl (C=O) groups excluding carboxylic acids is 2. The zero-order chi connectivity index (χ0) is 31.9. The Balaban J connectivity index is 2.14. The number of halogens is 1. The van der Waals surface area contributed by atoms with Gasteiger partial charge in [-0.15, -0.1) is 0 Å². The molecule has 0 aliphatic heterocycles. The van der Waals surface area contributed by atoms with Crippen molar-refractivity contribution in [1.82, 2.24) is 10.2 Å². The summed E-state index contributed by atoms with van der Waals surface area (Å²) in [5.74, 6) is -0.310. The molecular formula is C31H38ClN3O7S. The maximum atomic E-state index is 14.3. The van der Waals surface area contributed by atoms with Crippen LogP contribution in [0.5, 0.6) is 17.2 Å². The third-order valence-corrected chi connectivity index (χ3v) is 8.48. The van der Waals surface area contributed by atoms with E-state index < -0.39 is 34.1 Å². The molecular weight excluding hydrogens is 594 g/mol.